The van der Waals surface area contributed by atoms with Crippen LogP contribution in [0.2, 0.25) is 10.6 Å². The van der Waals surface area contributed by atoms with E-state index in [1.807, 2.05) is 0 Å². The van der Waals surface area contributed by atoms with Crippen LogP contribution in [0.3, 0.4) is 0 Å². The summed E-state index contributed by atoms with van der Waals surface area (Å²) >= 11 is 11.7. The lowest BCUT2D eigenvalue weighted by atomic mass is 9.78. The summed E-state index contributed by atoms with van der Waals surface area (Å²) in [6.07, 6.45) is 1.71. The Kier molecular flexibility index (Phi) is 6.82. The van der Waals surface area contributed by atoms with E-state index in [0.29, 0.717) is 11.7 Å². The third kappa shape index (κ3) is 5.95. The SMILES string of the molecule is CC(CCc1cc(C(C)(C)C)c(O)c(C(C)(C)C)c1)Nc1nc(Cl)nc(Cl)n1. The molecule has 7 heteroatoms. The zero-order valence-electron chi connectivity index (χ0n) is 17.7. The average Bonchev–Trinajstić information content (AvgIpc) is 2.50. The number of aryl methyl sites for hydroxylation is 1. The molecule has 154 valence electrons. The Bertz CT molecular complexity index is 786. The summed E-state index contributed by atoms with van der Waals surface area (Å²) in [4.78, 5) is 11.8. The third-order valence-corrected chi connectivity index (χ3v) is 4.95. The molecular weight excluding hydrogens is 395 g/mol. The van der Waals surface area contributed by atoms with E-state index < -0.39 is 0 Å². The smallest absolute Gasteiger partial charge is 0.228 e. The number of rotatable bonds is 5. The number of phenols is 1. The molecule has 0 saturated heterocycles. The molecule has 1 aromatic carbocycles. The highest BCUT2D eigenvalue weighted by Gasteiger charge is 2.26. The molecule has 0 aliphatic carbocycles. The third-order valence-electron chi connectivity index (χ3n) is 4.61. The fraction of sp³-hybridized carbons (Fsp3) is 0.571. The molecule has 0 amide bonds. The van der Waals surface area contributed by atoms with Gasteiger partial charge in [-0.15, -0.1) is 0 Å². The van der Waals surface area contributed by atoms with Gasteiger partial charge < -0.3 is 10.4 Å². The van der Waals surface area contributed by atoms with Crippen molar-refractivity contribution in [1.29, 1.82) is 0 Å². The van der Waals surface area contributed by atoms with Crippen LogP contribution in [0.1, 0.15) is 71.6 Å². The van der Waals surface area contributed by atoms with Gasteiger partial charge in [-0.25, -0.2) is 0 Å². The van der Waals surface area contributed by atoms with Crippen molar-refractivity contribution in [3.05, 3.63) is 39.4 Å². The van der Waals surface area contributed by atoms with Gasteiger partial charge in [-0.2, -0.15) is 15.0 Å². The Morgan fingerprint density at radius 2 is 1.39 bits per heavy atom. The van der Waals surface area contributed by atoms with Gasteiger partial charge in [-0.3, -0.25) is 0 Å². The van der Waals surface area contributed by atoms with Gasteiger partial charge in [-0.1, -0.05) is 53.7 Å². The minimum atomic E-state index is -0.137. The largest absolute Gasteiger partial charge is 0.507 e. The first kappa shape index (κ1) is 22.7. The van der Waals surface area contributed by atoms with Crippen molar-refractivity contribution in [3.63, 3.8) is 0 Å². The lowest BCUT2D eigenvalue weighted by Crippen LogP contribution is -2.20. The van der Waals surface area contributed by atoms with E-state index in [0.717, 1.165) is 24.0 Å². The number of nitrogens with one attached hydrogen (secondary N) is 1. The molecule has 0 aliphatic heterocycles. The van der Waals surface area contributed by atoms with Crippen molar-refractivity contribution < 1.29 is 5.11 Å². The molecule has 1 atom stereocenters. The molecule has 0 saturated carbocycles. The maximum Gasteiger partial charge on any atom is 0.228 e. The molecular formula is C21H30Cl2N4O. The van der Waals surface area contributed by atoms with E-state index in [1.54, 1.807) is 0 Å². The summed E-state index contributed by atoms with van der Waals surface area (Å²) in [6, 6.07) is 4.35. The van der Waals surface area contributed by atoms with Gasteiger partial charge in [0.25, 0.3) is 0 Å². The number of aromatic hydroxyl groups is 1. The number of nitrogens with zero attached hydrogens (tertiary/aromatic N) is 3. The van der Waals surface area contributed by atoms with Crippen LogP contribution in [-0.4, -0.2) is 26.1 Å². The molecule has 0 radical (unpaired) electrons. The second-order valence-electron chi connectivity index (χ2n) is 9.32. The lowest BCUT2D eigenvalue weighted by Gasteiger charge is -2.28. The monoisotopic (exact) mass is 424 g/mol. The Hall–Kier alpha value is -1.59. The van der Waals surface area contributed by atoms with Crippen LogP contribution < -0.4 is 5.32 Å². The first-order valence-electron chi connectivity index (χ1n) is 9.48. The van der Waals surface area contributed by atoms with Gasteiger partial charge in [0.15, 0.2) is 0 Å². The van der Waals surface area contributed by atoms with Crippen LogP contribution in [0, 0.1) is 0 Å². The first-order valence-corrected chi connectivity index (χ1v) is 10.2. The first-order chi connectivity index (χ1) is 12.8. The molecule has 2 N–H and O–H groups in total. The summed E-state index contributed by atoms with van der Waals surface area (Å²) in [5, 5.41) is 14.2. The van der Waals surface area contributed by atoms with Crippen molar-refractivity contribution >= 4 is 29.2 Å². The summed E-state index contributed by atoms with van der Waals surface area (Å²) in [6.45, 7) is 14.8. The van der Waals surface area contributed by atoms with E-state index in [-0.39, 0.29) is 27.4 Å². The molecule has 1 aromatic heterocycles. The number of phenolic OH excluding ortho intramolecular Hbond substituents is 1. The summed E-state index contributed by atoms with van der Waals surface area (Å²) in [7, 11) is 0. The number of halogens is 2. The average molecular weight is 425 g/mol. The van der Waals surface area contributed by atoms with Crippen LogP contribution in [0.15, 0.2) is 12.1 Å². The Morgan fingerprint density at radius 1 is 0.929 bits per heavy atom. The minimum Gasteiger partial charge on any atom is -0.507 e. The van der Waals surface area contributed by atoms with E-state index in [2.05, 4.69) is 80.9 Å². The predicted molar refractivity (Wildman–Crippen MR) is 117 cm³/mol. The zero-order chi connectivity index (χ0) is 21.3. The van der Waals surface area contributed by atoms with Gasteiger partial charge in [-0.05, 0) is 70.5 Å². The van der Waals surface area contributed by atoms with Crippen LogP contribution in [0.4, 0.5) is 5.95 Å². The predicted octanol–water partition coefficient (Wildman–Crippen LogP) is 5.91. The number of aromatic nitrogens is 3. The van der Waals surface area contributed by atoms with Gasteiger partial charge in [0.2, 0.25) is 16.5 Å². The minimum absolute atomic E-state index is 0.0675. The number of hydrogen-bond donors (Lipinski definition) is 2. The molecule has 1 heterocycles. The second-order valence-corrected chi connectivity index (χ2v) is 10.00. The molecule has 1 unspecified atom stereocenters. The van der Waals surface area contributed by atoms with Crippen LogP contribution >= 0.6 is 23.2 Å². The molecule has 0 aliphatic rings. The fourth-order valence-corrected chi connectivity index (χ4v) is 3.41. The molecule has 5 nitrogen and oxygen atoms in total. The maximum absolute atomic E-state index is 10.8. The van der Waals surface area contributed by atoms with Crippen molar-refractivity contribution in [2.75, 3.05) is 5.32 Å². The molecule has 0 spiro atoms. The fourth-order valence-electron chi connectivity index (χ4n) is 3.05. The highest BCUT2D eigenvalue weighted by atomic mass is 35.5. The lowest BCUT2D eigenvalue weighted by molar-refractivity contribution is 0.422. The van der Waals surface area contributed by atoms with Gasteiger partial charge in [0.1, 0.15) is 5.75 Å². The van der Waals surface area contributed by atoms with E-state index in [4.69, 9.17) is 23.2 Å². The van der Waals surface area contributed by atoms with Gasteiger partial charge in [0, 0.05) is 6.04 Å². The molecule has 2 rings (SSSR count). The van der Waals surface area contributed by atoms with Crippen molar-refractivity contribution in [2.45, 2.75) is 78.2 Å². The molecule has 0 fully saturated rings. The van der Waals surface area contributed by atoms with E-state index in [9.17, 15) is 5.11 Å². The normalized spacial score (nSPS) is 13.5. The number of hydrogen-bond acceptors (Lipinski definition) is 5. The summed E-state index contributed by atoms with van der Waals surface area (Å²) in [5.41, 5.74) is 2.89. The molecule has 28 heavy (non-hydrogen) atoms. The van der Waals surface area contributed by atoms with Gasteiger partial charge in [0.05, 0.1) is 0 Å². The Balaban J connectivity index is 2.21. The van der Waals surface area contributed by atoms with Crippen LogP contribution in [-0.2, 0) is 17.3 Å². The summed E-state index contributed by atoms with van der Waals surface area (Å²) < 4.78 is 0. The molecule has 0 bridgehead atoms. The topological polar surface area (TPSA) is 70.9 Å². The highest BCUT2D eigenvalue weighted by Crippen LogP contribution is 2.40. The zero-order valence-corrected chi connectivity index (χ0v) is 19.2. The van der Waals surface area contributed by atoms with Crippen LogP contribution in [0.25, 0.3) is 0 Å². The Labute approximate surface area is 177 Å². The highest BCUT2D eigenvalue weighted by molar-refractivity contribution is 6.31. The second kappa shape index (κ2) is 8.42. The maximum atomic E-state index is 10.8. The Morgan fingerprint density at radius 3 is 1.82 bits per heavy atom. The van der Waals surface area contributed by atoms with Crippen LogP contribution in [0.5, 0.6) is 5.75 Å². The number of benzene rings is 1. The quantitative estimate of drug-likeness (QED) is 0.623. The summed E-state index contributed by atoms with van der Waals surface area (Å²) in [5.74, 6) is 0.776. The van der Waals surface area contributed by atoms with Gasteiger partial charge >= 0.3 is 0 Å². The van der Waals surface area contributed by atoms with E-state index >= 15 is 0 Å². The van der Waals surface area contributed by atoms with E-state index in [1.165, 1.54) is 5.56 Å². The number of anilines is 1. The van der Waals surface area contributed by atoms with Crippen molar-refractivity contribution in [3.8, 4) is 5.75 Å². The molecule has 2 aromatic rings. The van der Waals surface area contributed by atoms with Crippen molar-refractivity contribution in [1.82, 2.24) is 15.0 Å². The standard InChI is InChI=1S/C21H30Cl2N4O/c1-12(24-19-26-17(22)25-18(23)27-19)8-9-13-10-14(20(2,3)4)16(28)15(11-13)21(5,6)7/h10-12,28H,8-9H2,1-7H3,(H,24,25,26,27). The van der Waals surface area contributed by atoms with Crippen molar-refractivity contribution in [2.24, 2.45) is 0 Å².